The van der Waals surface area contributed by atoms with E-state index in [1.54, 1.807) is 6.07 Å². The Morgan fingerprint density at radius 2 is 2.12 bits per heavy atom. The van der Waals surface area contributed by atoms with Gasteiger partial charge in [0, 0.05) is 12.1 Å². The van der Waals surface area contributed by atoms with E-state index in [1.165, 1.54) is 6.07 Å². The molecule has 2 unspecified atom stereocenters. The van der Waals surface area contributed by atoms with Gasteiger partial charge in [-0.1, -0.05) is 19.1 Å². The first-order valence-corrected chi connectivity index (χ1v) is 5.10. The molecule has 0 fully saturated rings. The summed E-state index contributed by atoms with van der Waals surface area (Å²) in [7, 11) is 0. The number of nitrogens with zero attached hydrogens (tertiary/aromatic N) is 1. The molecule has 2 atom stereocenters. The third-order valence-electron chi connectivity index (χ3n) is 2.69. The van der Waals surface area contributed by atoms with Gasteiger partial charge in [0.1, 0.15) is 0 Å². The molecular formula is C11H15FN2O2. The van der Waals surface area contributed by atoms with Gasteiger partial charge in [0.2, 0.25) is 5.82 Å². The van der Waals surface area contributed by atoms with Gasteiger partial charge in [-0.05, 0) is 24.8 Å². The van der Waals surface area contributed by atoms with Crippen LogP contribution in [0.15, 0.2) is 18.2 Å². The zero-order chi connectivity index (χ0) is 12.3. The molecule has 0 aliphatic rings. The highest BCUT2D eigenvalue weighted by atomic mass is 19.1. The quantitative estimate of drug-likeness (QED) is 0.632. The van der Waals surface area contributed by atoms with Crippen molar-refractivity contribution in [2.45, 2.75) is 26.3 Å². The highest BCUT2D eigenvalue weighted by Crippen LogP contribution is 2.22. The highest BCUT2D eigenvalue weighted by molar-refractivity contribution is 5.36. The van der Waals surface area contributed by atoms with E-state index in [9.17, 15) is 14.5 Å². The summed E-state index contributed by atoms with van der Waals surface area (Å²) in [4.78, 5) is 9.82. The molecule has 88 valence electrons. The first kappa shape index (κ1) is 12.6. The summed E-state index contributed by atoms with van der Waals surface area (Å²) < 4.78 is 13.7. The van der Waals surface area contributed by atoms with E-state index in [4.69, 9.17) is 5.73 Å². The lowest BCUT2D eigenvalue weighted by atomic mass is 9.95. The summed E-state index contributed by atoms with van der Waals surface area (Å²) in [6.07, 6.45) is 0.408. The number of hydrogen-bond acceptors (Lipinski definition) is 3. The number of rotatable bonds is 4. The fourth-order valence-corrected chi connectivity index (χ4v) is 1.40. The van der Waals surface area contributed by atoms with Gasteiger partial charge in [0.05, 0.1) is 4.92 Å². The summed E-state index contributed by atoms with van der Waals surface area (Å²) in [6, 6.07) is 4.14. The van der Waals surface area contributed by atoms with E-state index >= 15 is 0 Å². The Bertz CT molecular complexity index is 394. The molecule has 0 aliphatic carbocycles. The first-order chi connectivity index (χ1) is 7.43. The molecule has 0 saturated carbocycles. The van der Waals surface area contributed by atoms with E-state index in [0.717, 1.165) is 6.07 Å². The zero-order valence-corrected chi connectivity index (χ0v) is 9.31. The largest absolute Gasteiger partial charge is 0.328 e. The maximum Gasteiger partial charge on any atom is 0.305 e. The van der Waals surface area contributed by atoms with Crippen molar-refractivity contribution >= 4 is 5.69 Å². The SMILES string of the molecule is CC(N)C(C)Cc1cccc([N+](=O)[O-])c1F. The van der Waals surface area contributed by atoms with Gasteiger partial charge in [-0.15, -0.1) is 0 Å². The molecule has 0 bridgehead atoms. The van der Waals surface area contributed by atoms with Crippen molar-refractivity contribution < 1.29 is 9.31 Å². The van der Waals surface area contributed by atoms with Gasteiger partial charge in [0.15, 0.2) is 0 Å². The van der Waals surface area contributed by atoms with Gasteiger partial charge >= 0.3 is 5.69 Å². The number of nitro groups is 1. The Morgan fingerprint density at radius 3 is 2.62 bits per heavy atom. The van der Waals surface area contributed by atoms with Crippen LogP contribution >= 0.6 is 0 Å². The van der Waals surface area contributed by atoms with Crippen molar-refractivity contribution in [2.24, 2.45) is 11.7 Å². The topological polar surface area (TPSA) is 69.2 Å². The minimum absolute atomic E-state index is 0.0707. The molecule has 0 heterocycles. The van der Waals surface area contributed by atoms with Crippen molar-refractivity contribution in [1.82, 2.24) is 0 Å². The summed E-state index contributed by atoms with van der Waals surface area (Å²) in [5.74, 6) is -0.670. The second-order valence-electron chi connectivity index (χ2n) is 4.05. The normalized spacial score (nSPS) is 14.5. The molecule has 0 amide bonds. The molecule has 2 N–H and O–H groups in total. The molecule has 0 saturated heterocycles. The van der Waals surface area contributed by atoms with E-state index in [1.807, 2.05) is 13.8 Å². The Morgan fingerprint density at radius 1 is 1.50 bits per heavy atom. The molecule has 1 rings (SSSR count). The molecule has 0 aromatic heterocycles. The van der Waals surface area contributed by atoms with Crippen molar-refractivity contribution in [3.8, 4) is 0 Å². The van der Waals surface area contributed by atoms with Crippen LogP contribution in [0.4, 0.5) is 10.1 Å². The zero-order valence-electron chi connectivity index (χ0n) is 9.31. The maximum absolute atomic E-state index is 13.7. The minimum Gasteiger partial charge on any atom is -0.328 e. The van der Waals surface area contributed by atoms with E-state index in [2.05, 4.69) is 0 Å². The standard InChI is InChI=1S/C11H15FN2O2/c1-7(8(2)13)6-9-4-3-5-10(11(9)12)14(15)16/h3-5,7-8H,6,13H2,1-2H3. The Hall–Kier alpha value is -1.49. The number of nitro benzene ring substituents is 1. The fraction of sp³-hybridized carbons (Fsp3) is 0.455. The molecule has 4 nitrogen and oxygen atoms in total. The van der Waals surface area contributed by atoms with Crippen LogP contribution in [0, 0.1) is 21.8 Å². The van der Waals surface area contributed by atoms with Gasteiger partial charge in [-0.2, -0.15) is 4.39 Å². The summed E-state index contributed by atoms with van der Waals surface area (Å²) in [5, 5.41) is 10.5. The lowest BCUT2D eigenvalue weighted by Gasteiger charge is -2.15. The Kier molecular flexibility index (Phi) is 3.95. The van der Waals surface area contributed by atoms with Crippen LogP contribution in [-0.4, -0.2) is 11.0 Å². The Balaban J connectivity index is 2.98. The average Bonchev–Trinajstić information content (AvgIpc) is 2.20. The second kappa shape index (κ2) is 5.03. The predicted octanol–water partition coefficient (Wildman–Crippen LogP) is 2.26. The molecule has 16 heavy (non-hydrogen) atoms. The highest BCUT2D eigenvalue weighted by Gasteiger charge is 2.19. The summed E-state index contributed by atoms with van der Waals surface area (Å²) in [5.41, 5.74) is 5.54. The van der Waals surface area contributed by atoms with Crippen LogP contribution in [0.1, 0.15) is 19.4 Å². The van der Waals surface area contributed by atoms with Gasteiger partial charge < -0.3 is 5.73 Å². The number of halogens is 1. The lowest BCUT2D eigenvalue weighted by Crippen LogP contribution is -2.26. The smallest absolute Gasteiger partial charge is 0.305 e. The van der Waals surface area contributed by atoms with Crippen LogP contribution < -0.4 is 5.73 Å². The molecule has 0 radical (unpaired) electrons. The third kappa shape index (κ3) is 2.76. The van der Waals surface area contributed by atoms with Gasteiger partial charge in [0.25, 0.3) is 0 Å². The number of benzene rings is 1. The monoisotopic (exact) mass is 226 g/mol. The molecule has 0 aliphatic heterocycles. The minimum atomic E-state index is -0.750. The maximum atomic E-state index is 13.7. The molecule has 1 aromatic carbocycles. The van der Waals surface area contributed by atoms with Crippen LogP contribution in [0.5, 0.6) is 0 Å². The third-order valence-corrected chi connectivity index (χ3v) is 2.69. The van der Waals surface area contributed by atoms with Crippen molar-refractivity contribution in [3.63, 3.8) is 0 Å². The lowest BCUT2D eigenvalue weighted by molar-refractivity contribution is -0.387. The Labute approximate surface area is 93.4 Å². The van der Waals surface area contributed by atoms with Crippen LogP contribution in [0.25, 0.3) is 0 Å². The fourth-order valence-electron chi connectivity index (χ4n) is 1.40. The summed E-state index contributed by atoms with van der Waals surface area (Å²) in [6.45, 7) is 3.73. The van der Waals surface area contributed by atoms with E-state index < -0.39 is 16.4 Å². The van der Waals surface area contributed by atoms with E-state index in [-0.39, 0.29) is 12.0 Å². The van der Waals surface area contributed by atoms with Crippen LogP contribution in [-0.2, 0) is 6.42 Å². The number of hydrogen-bond donors (Lipinski definition) is 1. The summed E-state index contributed by atoms with van der Waals surface area (Å²) >= 11 is 0. The van der Waals surface area contributed by atoms with Gasteiger partial charge in [-0.3, -0.25) is 10.1 Å². The first-order valence-electron chi connectivity index (χ1n) is 5.10. The van der Waals surface area contributed by atoms with Crippen molar-refractivity contribution in [1.29, 1.82) is 0 Å². The van der Waals surface area contributed by atoms with E-state index in [0.29, 0.717) is 12.0 Å². The molecule has 0 spiro atoms. The van der Waals surface area contributed by atoms with Crippen LogP contribution in [0.2, 0.25) is 0 Å². The van der Waals surface area contributed by atoms with Crippen molar-refractivity contribution in [2.75, 3.05) is 0 Å². The average molecular weight is 226 g/mol. The van der Waals surface area contributed by atoms with Crippen molar-refractivity contribution in [3.05, 3.63) is 39.7 Å². The molecular weight excluding hydrogens is 211 g/mol. The molecule has 1 aromatic rings. The number of nitrogens with two attached hydrogens (primary N) is 1. The molecule has 5 heteroatoms. The predicted molar refractivity (Wildman–Crippen MR) is 59.6 cm³/mol. The van der Waals surface area contributed by atoms with Crippen LogP contribution in [0.3, 0.4) is 0 Å². The van der Waals surface area contributed by atoms with Gasteiger partial charge in [-0.25, -0.2) is 0 Å². The second-order valence-corrected chi connectivity index (χ2v) is 4.05.